The zero-order valence-corrected chi connectivity index (χ0v) is 14.2. The molecule has 3 rings (SSSR count). The van der Waals surface area contributed by atoms with Gasteiger partial charge in [-0.1, -0.05) is 24.3 Å². The lowest BCUT2D eigenvalue weighted by molar-refractivity contribution is -0.152. The number of carbonyl (C=O) groups excluding carboxylic acids is 2. The van der Waals surface area contributed by atoms with E-state index in [0.29, 0.717) is 6.42 Å². The van der Waals surface area contributed by atoms with Crippen LogP contribution in [0.3, 0.4) is 0 Å². The summed E-state index contributed by atoms with van der Waals surface area (Å²) in [5.41, 5.74) is 1.78. The van der Waals surface area contributed by atoms with Crippen LogP contribution in [0, 0.1) is 5.92 Å². The number of carbonyl (C=O) groups is 2. The van der Waals surface area contributed by atoms with Gasteiger partial charge in [-0.15, -0.1) is 11.3 Å². The van der Waals surface area contributed by atoms with Crippen LogP contribution < -0.4 is 5.32 Å². The molecular formula is C17H20N2O4S. The Balaban J connectivity index is 1.80. The van der Waals surface area contributed by atoms with E-state index in [2.05, 4.69) is 10.3 Å². The summed E-state index contributed by atoms with van der Waals surface area (Å²) in [7, 11) is 0. The minimum Gasteiger partial charge on any atom is -0.466 e. The number of nitrogens with zero attached hydrogens (tertiary/aromatic N) is 1. The van der Waals surface area contributed by atoms with Crippen LogP contribution in [-0.2, 0) is 25.5 Å². The van der Waals surface area contributed by atoms with Gasteiger partial charge in [-0.2, -0.15) is 0 Å². The number of aromatic nitrogens is 1. The van der Waals surface area contributed by atoms with E-state index in [9.17, 15) is 9.59 Å². The first-order valence-corrected chi connectivity index (χ1v) is 8.89. The fourth-order valence-electron chi connectivity index (χ4n) is 2.98. The number of rotatable bonds is 5. The van der Waals surface area contributed by atoms with E-state index in [1.54, 1.807) is 23.8 Å². The van der Waals surface area contributed by atoms with Gasteiger partial charge in [0, 0.05) is 23.4 Å². The molecule has 1 saturated heterocycles. The highest BCUT2D eigenvalue weighted by molar-refractivity contribution is 7.09. The Kier molecular flexibility index (Phi) is 5.42. The number of amides is 1. The number of esters is 1. The van der Waals surface area contributed by atoms with Crippen LogP contribution >= 0.6 is 11.3 Å². The topological polar surface area (TPSA) is 77.5 Å². The van der Waals surface area contributed by atoms with E-state index in [1.807, 2.05) is 30.5 Å². The predicted octanol–water partition coefficient (Wildman–Crippen LogP) is 1.63. The van der Waals surface area contributed by atoms with Gasteiger partial charge >= 0.3 is 5.97 Å². The number of hydrogen-bond acceptors (Lipinski definition) is 6. The van der Waals surface area contributed by atoms with E-state index < -0.39 is 12.1 Å². The molecule has 0 aromatic carbocycles. The van der Waals surface area contributed by atoms with Crippen molar-refractivity contribution in [2.75, 3.05) is 6.61 Å². The molecule has 0 spiro atoms. The third kappa shape index (κ3) is 3.91. The molecule has 128 valence electrons. The number of nitrogens with one attached hydrogen (secondary N) is 1. The summed E-state index contributed by atoms with van der Waals surface area (Å²) in [5.74, 6) is -0.678. The molecule has 1 fully saturated rings. The van der Waals surface area contributed by atoms with Gasteiger partial charge in [0.1, 0.15) is 6.10 Å². The Labute approximate surface area is 144 Å². The van der Waals surface area contributed by atoms with Crippen molar-refractivity contribution in [2.45, 2.75) is 38.0 Å². The zero-order chi connectivity index (χ0) is 16.9. The second-order valence-electron chi connectivity index (χ2n) is 5.73. The van der Waals surface area contributed by atoms with Crippen molar-refractivity contribution >= 4 is 23.2 Å². The molecule has 0 bridgehead atoms. The molecule has 1 aromatic heterocycles. The molecule has 24 heavy (non-hydrogen) atoms. The lowest BCUT2D eigenvalue weighted by Crippen LogP contribution is -2.42. The SMILES string of the molecule is CCOC(=O)CC1OC(Cc2cncs2)C2C=CC=CC2NC1=O. The maximum Gasteiger partial charge on any atom is 0.308 e. The van der Waals surface area contributed by atoms with Gasteiger partial charge in [0.05, 0.1) is 30.7 Å². The molecule has 4 atom stereocenters. The number of thiazole rings is 1. The molecule has 2 heterocycles. The van der Waals surface area contributed by atoms with Crippen LogP contribution in [0.25, 0.3) is 0 Å². The fourth-order valence-corrected chi connectivity index (χ4v) is 3.62. The molecule has 1 aromatic rings. The van der Waals surface area contributed by atoms with Crippen LogP contribution in [0.15, 0.2) is 36.0 Å². The van der Waals surface area contributed by atoms with Crippen LogP contribution in [0.1, 0.15) is 18.2 Å². The van der Waals surface area contributed by atoms with Gasteiger partial charge < -0.3 is 14.8 Å². The van der Waals surface area contributed by atoms with Gasteiger partial charge in [-0.25, -0.2) is 0 Å². The average Bonchev–Trinajstić information content (AvgIpc) is 3.03. The number of allylic oxidation sites excluding steroid dienone is 2. The molecule has 1 aliphatic carbocycles. The lowest BCUT2D eigenvalue weighted by atomic mass is 9.88. The highest BCUT2D eigenvalue weighted by Crippen LogP contribution is 2.28. The number of hydrogen-bond donors (Lipinski definition) is 1. The average molecular weight is 348 g/mol. The molecule has 6 nitrogen and oxygen atoms in total. The molecule has 1 N–H and O–H groups in total. The smallest absolute Gasteiger partial charge is 0.308 e. The summed E-state index contributed by atoms with van der Waals surface area (Å²) in [4.78, 5) is 29.4. The molecular weight excluding hydrogens is 328 g/mol. The van der Waals surface area contributed by atoms with Gasteiger partial charge in [0.25, 0.3) is 0 Å². The van der Waals surface area contributed by atoms with Gasteiger partial charge in [0.2, 0.25) is 5.91 Å². The minimum absolute atomic E-state index is 0.0215. The molecule has 7 heteroatoms. The Hall–Kier alpha value is -1.99. The summed E-state index contributed by atoms with van der Waals surface area (Å²) in [6.07, 6.45) is 9.21. The quantitative estimate of drug-likeness (QED) is 0.819. The van der Waals surface area contributed by atoms with Crippen LogP contribution in [-0.4, -0.2) is 41.7 Å². The van der Waals surface area contributed by atoms with E-state index in [1.165, 1.54) is 0 Å². The zero-order valence-electron chi connectivity index (χ0n) is 13.4. The Bertz CT molecular complexity index is 641. The van der Waals surface area contributed by atoms with Crippen LogP contribution in [0.4, 0.5) is 0 Å². The molecule has 4 unspecified atom stereocenters. The van der Waals surface area contributed by atoms with E-state index in [0.717, 1.165) is 4.88 Å². The van der Waals surface area contributed by atoms with E-state index >= 15 is 0 Å². The molecule has 0 radical (unpaired) electrons. The Morgan fingerprint density at radius 3 is 3.00 bits per heavy atom. The molecule has 2 aliphatic rings. The lowest BCUT2D eigenvalue weighted by Gasteiger charge is -2.28. The van der Waals surface area contributed by atoms with Crippen molar-refractivity contribution in [1.29, 1.82) is 0 Å². The highest BCUT2D eigenvalue weighted by atomic mass is 32.1. The van der Waals surface area contributed by atoms with Crippen molar-refractivity contribution in [3.8, 4) is 0 Å². The third-order valence-electron chi connectivity index (χ3n) is 4.09. The first-order valence-electron chi connectivity index (χ1n) is 8.01. The minimum atomic E-state index is -0.839. The molecule has 1 aliphatic heterocycles. The van der Waals surface area contributed by atoms with Crippen LogP contribution in [0.2, 0.25) is 0 Å². The molecule has 1 amide bonds. The predicted molar refractivity (Wildman–Crippen MR) is 89.4 cm³/mol. The highest BCUT2D eigenvalue weighted by Gasteiger charge is 2.38. The van der Waals surface area contributed by atoms with Crippen molar-refractivity contribution < 1.29 is 19.1 Å². The van der Waals surface area contributed by atoms with E-state index in [4.69, 9.17) is 9.47 Å². The number of ether oxygens (including phenoxy) is 2. The maximum atomic E-state index is 12.4. The maximum absolute atomic E-state index is 12.4. The summed E-state index contributed by atoms with van der Waals surface area (Å²) in [6.45, 7) is 2.02. The van der Waals surface area contributed by atoms with Gasteiger partial charge in [-0.3, -0.25) is 14.6 Å². The van der Waals surface area contributed by atoms with Crippen molar-refractivity contribution in [3.05, 3.63) is 40.9 Å². The Morgan fingerprint density at radius 1 is 1.42 bits per heavy atom. The number of fused-ring (bicyclic) bond motifs is 1. The first-order chi connectivity index (χ1) is 11.7. The summed E-state index contributed by atoms with van der Waals surface area (Å²) in [6, 6.07) is -0.132. The second-order valence-corrected chi connectivity index (χ2v) is 6.70. The van der Waals surface area contributed by atoms with Gasteiger partial charge in [-0.05, 0) is 6.92 Å². The summed E-state index contributed by atoms with van der Waals surface area (Å²) >= 11 is 1.56. The standard InChI is InChI=1S/C17H20N2O4S/c1-2-22-16(20)8-15-17(21)19-13-6-4-3-5-12(13)14(23-15)7-11-9-18-10-24-11/h3-6,9-10,12-15H,2,7-8H2,1H3,(H,19,21). The largest absolute Gasteiger partial charge is 0.466 e. The van der Waals surface area contributed by atoms with Crippen molar-refractivity contribution in [2.24, 2.45) is 5.92 Å². The van der Waals surface area contributed by atoms with Crippen molar-refractivity contribution in [1.82, 2.24) is 10.3 Å². The monoisotopic (exact) mass is 348 g/mol. The van der Waals surface area contributed by atoms with Crippen LogP contribution in [0.5, 0.6) is 0 Å². The Morgan fingerprint density at radius 2 is 2.25 bits per heavy atom. The molecule has 0 saturated carbocycles. The third-order valence-corrected chi connectivity index (χ3v) is 4.89. The summed E-state index contributed by atoms with van der Waals surface area (Å²) < 4.78 is 11.0. The fraction of sp³-hybridized carbons (Fsp3) is 0.471. The second kappa shape index (κ2) is 7.72. The first kappa shape index (κ1) is 16.9. The summed E-state index contributed by atoms with van der Waals surface area (Å²) in [5, 5.41) is 2.97. The van der Waals surface area contributed by atoms with E-state index in [-0.39, 0.29) is 37.0 Å². The normalized spacial score (nSPS) is 28.8. The van der Waals surface area contributed by atoms with Crippen molar-refractivity contribution in [3.63, 3.8) is 0 Å². The van der Waals surface area contributed by atoms with Gasteiger partial charge in [0.15, 0.2) is 0 Å².